The number of aromatic nitrogens is 5. The summed E-state index contributed by atoms with van der Waals surface area (Å²) in [6.45, 7) is 5.42. The van der Waals surface area contributed by atoms with E-state index in [-0.39, 0.29) is 28.5 Å². The first-order valence-electron chi connectivity index (χ1n) is 11.9. The highest BCUT2D eigenvalue weighted by Gasteiger charge is 2.30. The molecule has 0 N–H and O–H groups in total. The lowest BCUT2D eigenvalue weighted by Crippen LogP contribution is -2.40. The van der Waals surface area contributed by atoms with Gasteiger partial charge in [-0.1, -0.05) is 18.2 Å². The van der Waals surface area contributed by atoms with Gasteiger partial charge in [0.05, 0.1) is 11.1 Å². The number of likely N-dealkylation sites (tertiary alicyclic amines) is 1. The smallest absolute Gasteiger partial charge is 0.338 e. The first-order valence-corrected chi connectivity index (χ1v) is 11.9. The van der Waals surface area contributed by atoms with E-state index in [9.17, 15) is 14.4 Å². The SMILES string of the molecule is CCn1cc(C(=O)N2CCC(c3nn(C)c(=O)n3-c3ccccc3)CC2)c(=O)c2ccc(C)nc21. The molecule has 9 nitrogen and oxygen atoms in total. The van der Waals surface area contributed by atoms with Crippen LogP contribution in [0.4, 0.5) is 0 Å². The number of fused-ring (bicyclic) bond motifs is 1. The number of aryl methyl sites for hydroxylation is 3. The van der Waals surface area contributed by atoms with Crippen LogP contribution in [0.5, 0.6) is 0 Å². The van der Waals surface area contributed by atoms with E-state index in [1.807, 2.05) is 48.7 Å². The molecule has 1 aromatic carbocycles. The fourth-order valence-corrected chi connectivity index (χ4v) is 4.83. The number of pyridine rings is 2. The van der Waals surface area contributed by atoms with Gasteiger partial charge in [0.15, 0.2) is 0 Å². The summed E-state index contributed by atoms with van der Waals surface area (Å²) >= 11 is 0. The van der Waals surface area contributed by atoms with Crippen LogP contribution in [0.2, 0.25) is 0 Å². The van der Waals surface area contributed by atoms with Crippen molar-refractivity contribution in [2.45, 2.75) is 39.2 Å². The van der Waals surface area contributed by atoms with E-state index in [0.717, 1.165) is 11.4 Å². The molecule has 0 aliphatic carbocycles. The quantitative estimate of drug-likeness (QED) is 0.455. The molecule has 4 aromatic rings. The number of benzene rings is 1. The van der Waals surface area contributed by atoms with Gasteiger partial charge in [-0.15, -0.1) is 0 Å². The molecule has 4 heterocycles. The van der Waals surface area contributed by atoms with Crippen molar-refractivity contribution in [1.82, 2.24) is 28.8 Å². The third kappa shape index (κ3) is 3.96. The molecule has 0 saturated carbocycles. The summed E-state index contributed by atoms with van der Waals surface area (Å²) in [5.41, 5.74) is 1.89. The van der Waals surface area contributed by atoms with Crippen LogP contribution in [0.1, 0.15) is 47.6 Å². The molecule has 1 amide bonds. The van der Waals surface area contributed by atoms with E-state index in [2.05, 4.69) is 10.1 Å². The largest absolute Gasteiger partial charge is 0.350 e. The number of rotatable bonds is 4. The van der Waals surface area contributed by atoms with Crippen molar-refractivity contribution >= 4 is 16.9 Å². The molecule has 1 aliphatic rings. The molecule has 0 spiro atoms. The third-order valence-electron chi connectivity index (χ3n) is 6.74. The number of nitrogens with zero attached hydrogens (tertiary/aromatic N) is 6. The van der Waals surface area contributed by atoms with Crippen LogP contribution in [0.25, 0.3) is 16.7 Å². The summed E-state index contributed by atoms with van der Waals surface area (Å²) < 4.78 is 4.87. The van der Waals surface area contributed by atoms with E-state index in [1.54, 1.807) is 34.8 Å². The van der Waals surface area contributed by atoms with E-state index in [1.165, 1.54) is 4.68 Å². The number of carbonyl (C=O) groups is 1. The number of amides is 1. The maximum Gasteiger partial charge on any atom is 0.350 e. The Morgan fingerprint density at radius 1 is 1.06 bits per heavy atom. The van der Waals surface area contributed by atoms with Gasteiger partial charge in [0.1, 0.15) is 17.0 Å². The summed E-state index contributed by atoms with van der Waals surface area (Å²) in [6.07, 6.45) is 2.95. The molecular weight excluding hydrogens is 444 g/mol. The Balaban J connectivity index is 1.41. The second-order valence-electron chi connectivity index (χ2n) is 8.98. The molecule has 35 heavy (non-hydrogen) atoms. The molecule has 5 rings (SSSR count). The standard InChI is InChI=1S/C26H28N6O3/c1-4-30-16-21(22(33)20-11-10-17(2)27-24(20)30)25(34)31-14-12-18(13-15-31)23-28-29(3)26(35)32(23)19-8-6-5-7-9-19/h5-11,16,18H,4,12-15H2,1-3H3. The van der Waals surface area contributed by atoms with E-state index >= 15 is 0 Å². The van der Waals surface area contributed by atoms with Gasteiger partial charge in [-0.05, 0) is 51.0 Å². The predicted octanol–water partition coefficient (Wildman–Crippen LogP) is 2.63. The molecule has 180 valence electrons. The van der Waals surface area contributed by atoms with Crippen molar-refractivity contribution in [3.63, 3.8) is 0 Å². The lowest BCUT2D eigenvalue weighted by Gasteiger charge is -2.31. The van der Waals surface area contributed by atoms with Crippen LogP contribution in [0.15, 0.2) is 58.3 Å². The van der Waals surface area contributed by atoms with Crippen molar-refractivity contribution in [2.24, 2.45) is 7.05 Å². The zero-order chi connectivity index (χ0) is 24.7. The summed E-state index contributed by atoms with van der Waals surface area (Å²) in [6, 6.07) is 13.0. The first-order chi connectivity index (χ1) is 16.9. The molecule has 9 heteroatoms. The Morgan fingerprint density at radius 2 is 1.77 bits per heavy atom. The normalized spacial score (nSPS) is 14.5. The Hall–Kier alpha value is -4.01. The van der Waals surface area contributed by atoms with Gasteiger partial charge >= 0.3 is 5.69 Å². The molecule has 0 radical (unpaired) electrons. The lowest BCUT2D eigenvalue weighted by atomic mass is 9.95. The zero-order valence-corrected chi connectivity index (χ0v) is 20.1. The summed E-state index contributed by atoms with van der Waals surface area (Å²) in [7, 11) is 1.65. The monoisotopic (exact) mass is 472 g/mol. The fourth-order valence-electron chi connectivity index (χ4n) is 4.83. The molecule has 0 atom stereocenters. The van der Waals surface area contributed by atoms with Gasteiger partial charge in [-0.25, -0.2) is 19.0 Å². The highest BCUT2D eigenvalue weighted by Crippen LogP contribution is 2.28. The summed E-state index contributed by atoms with van der Waals surface area (Å²) in [5.74, 6) is 0.472. The summed E-state index contributed by atoms with van der Waals surface area (Å²) in [4.78, 5) is 45.6. The van der Waals surface area contributed by atoms with Crippen LogP contribution in [0, 0.1) is 6.92 Å². The topological polar surface area (TPSA) is 95.0 Å². The maximum absolute atomic E-state index is 13.4. The van der Waals surface area contributed by atoms with Crippen molar-refractivity contribution in [2.75, 3.05) is 13.1 Å². The fraction of sp³-hybridized carbons (Fsp3) is 0.346. The maximum atomic E-state index is 13.4. The Bertz CT molecular complexity index is 1520. The second-order valence-corrected chi connectivity index (χ2v) is 8.98. The average molecular weight is 473 g/mol. The minimum atomic E-state index is -0.285. The van der Waals surface area contributed by atoms with Crippen LogP contribution >= 0.6 is 0 Å². The van der Waals surface area contributed by atoms with Gasteiger partial charge in [0.2, 0.25) is 5.43 Å². The zero-order valence-electron chi connectivity index (χ0n) is 20.1. The molecular formula is C26H28N6O3. The number of carbonyl (C=O) groups excluding carboxylic acids is 1. The van der Waals surface area contributed by atoms with Crippen LogP contribution in [0.3, 0.4) is 0 Å². The minimum absolute atomic E-state index is 0.0317. The van der Waals surface area contributed by atoms with Crippen LogP contribution < -0.4 is 11.1 Å². The van der Waals surface area contributed by atoms with Crippen LogP contribution in [-0.2, 0) is 13.6 Å². The highest BCUT2D eigenvalue weighted by molar-refractivity contribution is 5.97. The number of para-hydroxylation sites is 1. The Labute approximate surface area is 202 Å². The van der Waals surface area contributed by atoms with Gasteiger partial charge in [-0.2, -0.15) is 5.10 Å². The molecule has 3 aromatic heterocycles. The molecule has 1 aliphatic heterocycles. The second kappa shape index (κ2) is 8.98. The van der Waals surface area contributed by atoms with E-state index in [4.69, 9.17) is 0 Å². The number of hydrogen-bond acceptors (Lipinski definition) is 5. The van der Waals surface area contributed by atoms with Crippen molar-refractivity contribution in [1.29, 1.82) is 0 Å². The first kappa shape index (κ1) is 22.8. The molecule has 0 unspecified atom stereocenters. The Morgan fingerprint density at radius 3 is 2.46 bits per heavy atom. The molecule has 0 bridgehead atoms. The van der Waals surface area contributed by atoms with E-state index in [0.29, 0.717) is 49.3 Å². The lowest BCUT2D eigenvalue weighted by molar-refractivity contribution is 0.0708. The van der Waals surface area contributed by atoms with Gasteiger partial charge in [-0.3, -0.25) is 9.59 Å². The number of piperidine rings is 1. The minimum Gasteiger partial charge on any atom is -0.338 e. The third-order valence-corrected chi connectivity index (χ3v) is 6.74. The highest BCUT2D eigenvalue weighted by atomic mass is 16.2. The molecule has 1 saturated heterocycles. The average Bonchev–Trinajstić information content (AvgIpc) is 3.18. The van der Waals surface area contributed by atoms with Crippen molar-refractivity contribution < 1.29 is 4.79 Å². The van der Waals surface area contributed by atoms with Crippen molar-refractivity contribution in [3.8, 4) is 5.69 Å². The van der Waals surface area contributed by atoms with Crippen molar-refractivity contribution in [3.05, 3.63) is 86.5 Å². The van der Waals surface area contributed by atoms with Gasteiger partial charge < -0.3 is 9.47 Å². The number of hydrogen-bond donors (Lipinski definition) is 0. The summed E-state index contributed by atoms with van der Waals surface area (Å²) in [5, 5.41) is 4.98. The Kier molecular flexibility index (Phi) is 5.84. The predicted molar refractivity (Wildman–Crippen MR) is 133 cm³/mol. The molecule has 1 fully saturated rings. The van der Waals surface area contributed by atoms with Gasteiger partial charge in [0.25, 0.3) is 5.91 Å². The van der Waals surface area contributed by atoms with E-state index < -0.39 is 0 Å². The van der Waals surface area contributed by atoms with Crippen LogP contribution in [-0.4, -0.2) is 47.8 Å². The van der Waals surface area contributed by atoms with Gasteiger partial charge in [0, 0.05) is 44.5 Å².